The van der Waals surface area contributed by atoms with Gasteiger partial charge in [0, 0.05) is 6.08 Å². The number of anilines is 1. The molecule has 1 aliphatic rings. The van der Waals surface area contributed by atoms with Gasteiger partial charge in [0.25, 0.3) is 5.91 Å². The van der Waals surface area contributed by atoms with Crippen LogP contribution in [-0.4, -0.2) is 11.9 Å². The van der Waals surface area contributed by atoms with Crippen LogP contribution in [0, 0.1) is 0 Å². The molecule has 3 rings (SSSR count). The highest BCUT2D eigenvalue weighted by atomic mass is 16.3. The number of hydrogen-bond acceptors (Lipinski definition) is 5. The second-order valence-electron chi connectivity index (χ2n) is 4.08. The first kappa shape index (κ1) is 12.0. The summed E-state index contributed by atoms with van der Waals surface area (Å²) in [5, 5.41) is 2.61. The number of hydrazine groups is 1. The summed E-state index contributed by atoms with van der Waals surface area (Å²) < 4.78 is 5.15. The van der Waals surface area contributed by atoms with Gasteiger partial charge in [0.1, 0.15) is 11.5 Å². The van der Waals surface area contributed by atoms with E-state index in [4.69, 9.17) is 4.42 Å². The zero-order valence-electron chi connectivity index (χ0n) is 10.5. The van der Waals surface area contributed by atoms with E-state index in [-0.39, 0.29) is 11.6 Å². The molecule has 1 aromatic heterocycles. The third kappa shape index (κ3) is 2.69. The Kier molecular flexibility index (Phi) is 3.20. The molecule has 100 valence electrons. The number of aliphatic imine (C=N–C) groups is 1. The number of guanidine groups is 1. The van der Waals surface area contributed by atoms with E-state index in [1.807, 2.05) is 30.3 Å². The van der Waals surface area contributed by atoms with Crippen LogP contribution in [-0.2, 0) is 4.79 Å². The van der Waals surface area contributed by atoms with E-state index < -0.39 is 0 Å². The molecule has 0 fully saturated rings. The monoisotopic (exact) mass is 268 g/mol. The summed E-state index contributed by atoms with van der Waals surface area (Å²) in [5.74, 6) is 0.645. The molecule has 6 nitrogen and oxygen atoms in total. The number of para-hydroxylation sites is 1. The molecule has 0 atom stereocenters. The molecule has 2 aromatic rings. The summed E-state index contributed by atoms with van der Waals surface area (Å²) in [6.45, 7) is 0. The minimum atomic E-state index is -0.279. The van der Waals surface area contributed by atoms with Crippen molar-refractivity contribution in [2.45, 2.75) is 0 Å². The predicted octanol–water partition coefficient (Wildman–Crippen LogP) is 1.72. The van der Waals surface area contributed by atoms with Crippen LogP contribution >= 0.6 is 0 Å². The van der Waals surface area contributed by atoms with Gasteiger partial charge in [-0.05, 0) is 24.3 Å². The average molecular weight is 268 g/mol. The lowest BCUT2D eigenvalue weighted by molar-refractivity contribution is -0.115. The summed E-state index contributed by atoms with van der Waals surface area (Å²) >= 11 is 0. The van der Waals surface area contributed by atoms with Crippen molar-refractivity contribution in [3.63, 3.8) is 0 Å². The van der Waals surface area contributed by atoms with Gasteiger partial charge in [-0.15, -0.1) is 0 Å². The number of carbonyl (C=O) groups is 1. The maximum absolute atomic E-state index is 11.7. The number of benzene rings is 1. The van der Waals surface area contributed by atoms with E-state index in [1.54, 1.807) is 24.5 Å². The molecule has 6 heteroatoms. The van der Waals surface area contributed by atoms with Crippen LogP contribution in [0.3, 0.4) is 0 Å². The first-order valence-corrected chi connectivity index (χ1v) is 6.03. The number of furan rings is 1. The highest BCUT2D eigenvalue weighted by molar-refractivity contribution is 6.13. The number of nitrogens with one attached hydrogen (secondary N) is 3. The van der Waals surface area contributed by atoms with Gasteiger partial charge >= 0.3 is 0 Å². The highest BCUT2D eigenvalue weighted by Crippen LogP contribution is 2.12. The van der Waals surface area contributed by atoms with Gasteiger partial charge < -0.3 is 4.42 Å². The molecule has 0 radical (unpaired) electrons. The van der Waals surface area contributed by atoms with E-state index in [0.29, 0.717) is 11.7 Å². The van der Waals surface area contributed by atoms with Gasteiger partial charge in [0.15, 0.2) is 0 Å². The zero-order chi connectivity index (χ0) is 13.8. The van der Waals surface area contributed by atoms with Crippen LogP contribution in [0.4, 0.5) is 5.69 Å². The molecule has 3 N–H and O–H groups in total. The summed E-state index contributed by atoms with van der Waals surface area (Å²) in [7, 11) is 0. The van der Waals surface area contributed by atoms with Crippen LogP contribution in [0.15, 0.2) is 63.8 Å². The number of hydrogen-bond donors (Lipinski definition) is 3. The molecule has 0 saturated carbocycles. The minimum Gasteiger partial charge on any atom is -0.465 e. The largest absolute Gasteiger partial charge is 0.465 e. The first-order valence-electron chi connectivity index (χ1n) is 6.03. The molecule has 1 amide bonds. The Morgan fingerprint density at radius 3 is 2.70 bits per heavy atom. The molecule has 1 aromatic carbocycles. The SMILES string of the molecule is O=C1NC(NNc2ccccc2)=N/C1=C\c1ccco1. The van der Waals surface area contributed by atoms with Crippen molar-refractivity contribution < 1.29 is 9.21 Å². The van der Waals surface area contributed by atoms with Crippen molar-refractivity contribution in [2.24, 2.45) is 4.99 Å². The lowest BCUT2D eigenvalue weighted by atomic mass is 10.3. The third-order valence-electron chi connectivity index (χ3n) is 2.62. The highest BCUT2D eigenvalue weighted by Gasteiger charge is 2.20. The lowest BCUT2D eigenvalue weighted by Gasteiger charge is -2.07. The van der Waals surface area contributed by atoms with E-state index in [9.17, 15) is 4.79 Å². The van der Waals surface area contributed by atoms with Crippen LogP contribution in [0.5, 0.6) is 0 Å². The average Bonchev–Trinajstić information content (AvgIpc) is 3.09. The third-order valence-corrected chi connectivity index (χ3v) is 2.62. The van der Waals surface area contributed by atoms with Crippen LogP contribution in [0.1, 0.15) is 5.76 Å². The van der Waals surface area contributed by atoms with Gasteiger partial charge in [0.2, 0.25) is 5.96 Å². The Hall–Kier alpha value is -3.02. The second-order valence-corrected chi connectivity index (χ2v) is 4.08. The van der Waals surface area contributed by atoms with Crippen molar-refractivity contribution in [3.8, 4) is 0 Å². The fourth-order valence-corrected chi connectivity index (χ4v) is 1.69. The number of rotatable bonds is 3. The van der Waals surface area contributed by atoms with Gasteiger partial charge in [-0.2, -0.15) is 0 Å². The van der Waals surface area contributed by atoms with Crippen molar-refractivity contribution in [1.82, 2.24) is 10.7 Å². The lowest BCUT2D eigenvalue weighted by Crippen LogP contribution is -2.39. The summed E-state index contributed by atoms with van der Waals surface area (Å²) in [6.07, 6.45) is 3.12. The molecule has 1 aliphatic heterocycles. The fourth-order valence-electron chi connectivity index (χ4n) is 1.69. The van der Waals surface area contributed by atoms with E-state index in [0.717, 1.165) is 5.69 Å². The van der Waals surface area contributed by atoms with Gasteiger partial charge in [0.05, 0.1) is 12.0 Å². The maximum atomic E-state index is 11.7. The standard InChI is InChI=1S/C14H12N4O2/c19-13-12(9-11-7-4-8-20-11)15-14(16-13)18-17-10-5-2-1-3-6-10/h1-9,17H,(H2,15,16,18,19)/b12-9-. The Morgan fingerprint density at radius 1 is 1.10 bits per heavy atom. The Morgan fingerprint density at radius 2 is 1.95 bits per heavy atom. The molecule has 0 unspecified atom stereocenters. The number of nitrogens with zero attached hydrogens (tertiary/aromatic N) is 1. The maximum Gasteiger partial charge on any atom is 0.276 e. The summed E-state index contributed by atoms with van der Waals surface area (Å²) in [5.41, 5.74) is 6.93. The van der Waals surface area contributed by atoms with Crippen LogP contribution < -0.4 is 16.2 Å². The van der Waals surface area contributed by atoms with Crippen LogP contribution in [0.25, 0.3) is 6.08 Å². The Labute approximate surface area is 115 Å². The van der Waals surface area contributed by atoms with Crippen LogP contribution in [0.2, 0.25) is 0 Å². The second kappa shape index (κ2) is 5.31. The molecular formula is C14H12N4O2. The van der Waals surface area contributed by atoms with E-state index in [1.165, 1.54) is 0 Å². The first-order chi connectivity index (χ1) is 9.81. The van der Waals surface area contributed by atoms with Gasteiger partial charge in [-0.25, -0.2) is 4.99 Å². The van der Waals surface area contributed by atoms with E-state index >= 15 is 0 Å². The van der Waals surface area contributed by atoms with Gasteiger partial charge in [-0.3, -0.25) is 21.0 Å². The molecule has 0 saturated heterocycles. The number of carbonyl (C=O) groups excluding carboxylic acids is 1. The summed E-state index contributed by atoms with van der Waals surface area (Å²) in [4.78, 5) is 15.9. The zero-order valence-corrected chi connectivity index (χ0v) is 10.5. The Bertz CT molecular complexity index is 660. The van der Waals surface area contributed by atoms with Crippen molar-refractivity contribution >= 4 is 23.6 Å². The van der Waals surface area contributed by atoms with E-state index in [2.05, 4.69) is 21.2 Å². The van der Waals surface area contributed by atoms with Crippen molar-refractivity contribution in [2.75, 3.05) is 5.43 Å². The predicted molar refractivity (Wildman–Crippen MR) is 75.5 cm³/mol. The normalized spacial score (nSPS) is 15.9. The quantitative estimate of drug-likeness (QED) is 0.585. The number of amides is 1. The molecule has 0 spiro atoms. The molecule has 0 aliphatic carbocycles. The minimum absolute atomic E-state index is 0.279. The molecule has 20 heavy (non-hydrogen) atoms. The smallest absolute Gasteiger partial charge is 0.276 e. The molecular weight excluding hydrogens is 256 g/mol. The van der Waals surface area contributed by atoms with Gasteiger partial charge in [-0.1, -0.05) is 18.2 Å². The molecule has 2 heterocycles. The molecule has 0 bridgehead atoms. The van der Waals surface area contributed by atoms with Crippen molar-refractivity contribution in [3.05, 3.63) is 60.2 Å². The van der Waals surface area contributed by atoms with Crippen molar-refractivity contribution in [1.29, 1.82) is 0 Å². The topological polar surface area (TPSA) is 78.7 Å². The summed E-state index contributed by atoms with van der Waals surface area (Å²) in [6, 6.07) is 13.0. The fraction of sp³-hybridized carbons (Fsp3) is 0. The Balaban J connectivity index is 1.68.